The molecule has 0 amide bonds. The number of hydrogen-bond acceptors (Lipinski definition) is 2. The Hall–Kier alpha value is -1.08. The second kappa shape index (κ2) is 4.71. The molecule has 0 saturated heterocycles. The Balaban J connectivity index is 1.83. The fourth-order valence-electron chi connectivity index (χ4n) is 3.42. The van der Waals surface area contributed by atoms with E-state index in [1.807, 2.05) is 30.3 Å². The Labute approximate surface area is 137 Å². The quantitative estimate of drug-likeness (QED) is 0.704. The third-order valence-electron chi connectivity index (χ3n) is 4.42. The molecule has 1 saturated carbocycles. The molecule has 0 N–H and O–H groups in total. The summed E-state index contributed by atoms with van der Waals surface area (Å²) in [4.78, 5) is 25.6. The second-order valence-corrected chi connectivity index (χ2v) is 7.70. The van der Waals surface area contributed by atoms with Gasteiger partial charge in [-0.1, -0.05) is 62.2 Å². The van der Waals surface area contributed by atoms with Gasteiger partial charge in [-0.15, -0.1) is 0 Å². The smallest absolute Gasteiger partial charge is 0.246 e. The van der Waals surface area contributed by atoms with Crippen molar-refractivity contribution < 1.29 is 0 Å². The van der Waals surface area contributed by atoms with Gasteiger partial charge in [0.05, 0.1) is 28.3 Å². The average molecular weight is 415 g/mol. The van der Waals surface area contributed by atoms with Gasteiger partial charge in [0.2, 0.25) is 0 Å². The summed E-state index contributed by atoms with van der Waals surface area (Å²) in [5.41, 5.74) is 0.542. The zero-order chi connectivity index (χ0) is 14.7. The summed E-state index contributed by atoms with van der Waals surface area (Å²) < 4.78 is 4.60. The zero-order valence-electron chi connectivity index (χ0n) is 11.0. The van der Waals surface area contributed by atoms with E-state index < -0.39 is 0 Å². The van der Waals surface area contributed by atoms with Crippen LogP contribution in [0.3, 0.4) is 0 Å². The van der Waals surface area contributed by atoms with Gasteiger partial charge in [0.1, 0.15) is 0 Å². The summed E-state index contributed by atoms with van der Waals surface area (Å²) in [5.74, 6) is 0. The average Bonchev–Trinajstić information content (AvgIpc) is 3.09. The molecule has 1 aliphatic carbocycles. The molecule has 2 heterocycles. The predicted octanol–water partition coefficient (Wildman–Crippen LogP) is 1.89. The fraction of sp³-hybridized carbons (Fsp3) is 0.429. The van der Waals surface area contributed by atoms with Gasteiger partial charge in [-0.25, -0.2) is 23.5 Å². The second-order valence-electron chi connectivity index (χ2n) is 5.59. The molecule has 110 valence electrons. The molecule has 4 rings (SSSR count). The van der Waals surface area contributed by atoms with Crippen molar-refractivity contribution in [1.82, 2.24) is 13.9 Å². The first-order chi connectivity index (χ1) is 10.1. The summed E-state index contributed by atoms with van der Waals surface area (Å²) in [7, 11) is 0. The van der Waals surface area contributed by atoms with Crippen molar-refractivity contribution in [3.63, 3.8) is 0 Å². The molecule has 21 heavy (non-hydrogen) atoms. The summed E-state index contributed by atoms with van der Waals surface area (Å²) in [6.45, 7) is 0.324. The van der Waals surface area contributed by atoms with Crippen LogP contribution in [-0.2, 0) is 6.54 Å². The van der Waals surface area contributed by atoms with Crippen LogP contribution in [0.25, 0.3) is 0 Å². The first-order valence-corrected chi connectivity index (χ1v) is 8.68. The Morgan fingerprint density at radius 3 is 2.00 bits per heavy atom. The highest BCUT2D eigenvalue weighted by Gasteiger charge is 2.51. The highest BCUT2D eigenvalue weighted by Crippen LogP contribution is 2.49. The van der Waals surface area contributed by atoms with Gasteiger partial charge >= 0.3 is 11.4 Å². The molecule has 7 heteroatoms. The monoisotopic (exact) mass is 413 g/mol. The first kappa shape index (κ1) is 13.6. The maximum Gasteiger partial charge on any atom is 0.347 e. The minimum Gasteiger partial charge on any atom is -0.246 e. The van der Waals surface area contributed by atoms with Crippen LogP contribution in [0.1, 0.15) is 24.1 Å². The standard InChI is InChI=1S/C14H13Br2N3O2/c15-11-9-6-10(12(11)16)19-14(21)17(13(20)18(9)19)7-8-4-2-1-3-5-8/h1-5,9-12H,6-7H2/t9-,10+,11+,12-. The van der Waals surface area contributed by atoms with E-state index in [0.717, 1.165) is 12.0 Å². The van der Waals surface area contributed by atoms with Crippen LogP contribution >= 0.6 is 31.9 Å². The number of rotatable bonds is 2. The molecule has 0 radical (unpaired) electrons. The normalized spacial score (nSPS) is 29.8. The van der Waals surface area contributed by atoms with Gasteiger partial charge in [-0.3, -0.25) is 0 Å². The molecule has 4 atom stereocenters. The van der Waals surface area contributed by atoms with Crippen molar-refractivity contribution in [1.29, 1.82) is 0 Å². The van der Waals surface area contributed by atoms with Gasteiger partial charge in [-0.05, 0) is 12.0 Å². The summed E-state index contributed by atoms with van der Waals surface area (Å²) in [6, 6.07) is 9.70. The lowest BCUT2D eigenvalue weighted by molar-refractivity contribution is 0.395. The third kappa shape index (κ3) is 1.80. The molecular weight excluding hydrogens is 402 g/mol. The van der Waals surface area contributed by atoms with Crippen LogP contribution in [0.15, 0.2) is 39.9 Å². The van der Waals surface area contributed by atoms with Gasteiger partial charge in [0.25, 0.3) is 0 Å². The largest absolute Gasteiger partial charge is 0.347 e. The Morgan fingerprint density at radius 1 is 0.952 bits per heavy atom. The molecule has 0 unspecified atom stereocenters. The Kier molecular flexibility index (Phi) is 3.04. The summed E-state index contributed by atoms with van der Waals surface area (Å²) in [5, 5.41) is 0. The molecule has 5 nitrogen and oxygen atoms in total. The number of aromatic nitrogens is 3. The maximum absolute atomic E-state index is 12.6. The highest BCUT2D eigenvalue weighted by molar-refractivity contribution is 9.12. The van der Waals surface area contributed by atoms with E-state index in [1.165, 1.54) is 4.57 Å². The van der Waals surface area contributed by atoms with Crippen LogP contribution in [0.4, 0.5) is 0 Å². The van der Waals surface area contributed by atoms with Gasteiger partial charge in [0, 0.05) is 0 Å². The summed E-state index contributed by atoms with van der Waals surface area (Å²) >= 11 is 7.27. The highest BCUT2D eigenvalue weighted by atomic mass is 79.9. The van der Waals surface area contributed by atoms with Crippen molar-refractivity contribution in [3.05, 3.63) is 56.9 Å². The van der Waals surface area contributed by atoms with Crippen molar-refractivity contribution in [3.8, 4) is 0 Å². The number of hydrogen-bond donors (Lipinski definition) is 0. The Morgan fingerprint density at radius 2 is 1.48 bits per heavy atom. The van der Waals surface area contributed by atoms with Gasteiger partial charge in [-0.2, -0.15) is 0 Å². The lowest BCUT2D eigenvalue weighted by atomic mass is 10.2. The maximum atomic E-state index is 12.6. The molecule has 2 aromatic rings. The SMILES string of the molecule is O=c1n(Cc2ccccc2)c(=O)n2n1[C@@H]1C[C@H]2[C@@H](Br)[C@H]1Br. The van der Waals surface area contributed by atoms with E-state index in [1.54, 1.807) is 9.36 Å². The number of nitrogens with zero attached hydrogens (tertiary/aromatic N) is 3. The van der Waals surface area contributed by atoms with E-state index >= 15 is 0 Å². The summed E-state index contributed by atoms with van der Waals surface area (Å²) in [6.07, 6.45) is 0.836. The Bertz CT molecular complexity index is 762. The van der Waals surface area contributed by atoms with Crippen molar-refractivity contribution in [2.24, 2.45) is 0 Å². The van der Waals surface area contributed by atoms with Crippen LogP contribution in [0.5, 0.6) is 0 Å². The van der Waals surface area contributed by atoms with Crippen molar-refractivity contribution in [2.45, 2.75) is 34.7 Å². The molecule has 1 aromatic heterocycles. The van der Waals surface area contributed by atoms with Crippen molar-refractivity contribution in [2.75, 3.05) is 0 Å². The van der Waals surface area contributed by atoms with E-state index in [9.17, 15) is 9.59 Å². The minimum absolute atomic E-state index is 0.0524. The van der Waals surface area contributed by atoms with E-state index in [0.29, 0.717) is 6.54 Å². The zero-order valence-corrected chi connectivity index (χ0v) is 14.2. The molecule has 1 aliphatic heterocycles. The van der Waals surface area contributed by atoms with Crippen LogP contribution in [0.2, 0.25) is 0 Å². The topological polar surface area (TPSA) is 48.9 Å². The predicted molar refractivity (Wildman–Crippen MR) is 86.6 cm³/mol. The first-order valence-electron chi connectivity index (χ1n) is 6.85. The molecular formula is C14H13Br2N3O2. The molecule has 1 aromatic carbocycles. The third-order valence-corrected chi connectivity index (χ3v) is 7.49. The van der Waals surface area contributed by atoms with Crippen LogP contribution in [0, 0.1) is 0 Å². The molecule has 2 bridgehead atoms. The fourth-order valence-corrected chi connectivity index (χ4v) is 5.00. The van der Waals surface area contributed by atoms with Crippen LogP contribution < -0.4 is 11.4 Å². The van der Waals surface area contributed by atoms with E-state index in [-0.39, 0.29) is 33.1 Å². The van der Waals surface area contributed by atoms with Crippen LogP contribution in [-0.4, -0.2) is 23.6 Å². The number of fused-ring (bicyclic) bond motifs is 5. The molecule has 1 fully saturated rings. The molecule has 2 aliphatic rings. The van der Waals surface area contributed by atoms with Crippen molar-refractivity contribution >= 4 is 31.9 Å². The number of halogens is 2. The van der Waals surface area contributed by atoms with Gasteiger partial charge in [0.15, 0.2) is 0 Å². The number of benzene rings is 1. The lowest BCUT2D eigenvalue weighted by Gasteiger charge is -2.24. The van der Waals surface area contributed by atoms with E-state index in [4.69, 9.17) is 0 Å². The molecule has 0 spiro atoms. The van der Waals surface area contributed by atoms with E-state index in [2.05, 4.69) is 31.9 Å². The van der Waals surface area contributed by atoms with Gasteiger partial charge < -0.3 is 0 Å². The minimum atomic E-state index is -0.208. The number of alkyl halides is 2. The lowest BCUT2D eigenvalue weighted by Crippen LogP contribution is -2.38.